The van der Waals surface area contributed by atoms with Crippen LogP contribution in [0.2, 0.25) is 0 Å². The number of carbonyl (C=O) groups is 3. The highest BCUT2D eigenvalue weighted by Gasteiger charge is 2.71. The normalized spacial score (nSPS) is 45.1. The smallest absolute Gasteiger partial charge is 0.333 e. The van der Waals surface area contributed by atoms with Crippen molar-refractivity contribution in [2.24, 2.45) is 85.2 Å². The van der Waals surface area contributed by atoms with Crippen molar-refractivity contribution in [3.63, 3.8) is 0 Å². The largest absolute Gasteiger partial charge is 0.465 e. The Bertz CT molecular complexity index is 2030. The minimum absolute atomic E-state index is 0.0224. The summed E-state index contributed by atoms with van der Waals surface area (Å²) in [5, 5.41) is 23.3. The molecule has 0 bridgehead atoms. The summed E-state index contributed by atoms with van der Waals surface area (Å²) in [7, 11) is 0. The number of ether oxygens (including phenoxy) is 2. The third-order valence-electron chi connectivity index (χ3n) is 23.9. The van der Waals surface area contributed by atoms with Crippen LogP contribution < -0.4 is 0 Å². The van der Waals surface area contributed by atoms with Crippen molar-refractivity contribution in [3.05, 3.63) is 34.9 Å². The molecule has 0 heterocycles. The van der Waals surface area contributed by atoms with Gasteiger partial charge in [0.05, 0.1) is 30.3 Å². The van der Waals surface area contributed by atoms with Crippen molar-refractivity contribution in [2.75, 3.05) is 13.2 Å². The van der Waals surface area contributed by atoms with E-state index in [9.17, 15) is 24.6 Å². The predicted octanol–water partition coefficient (Wildman–Crippen LogP) is 14.9. The van der Waals surface area contributed by atoms with E-state index < -0.39 is 17.1 Å². The zero-order valence-corrected chi connectivity index (χ0v) is 47.1. The van der Waals surface area contributed by atoms with E-state index in [-0.39, 0.29) is 64.1 Å². The number of aliphatic hydroxyl groups is 2. The van der Waals surface area contributed by atoms with Gasteiger partial charge in [0.25, 0.3) is 0 Å². The van der Waals surface area contributed by atoms with Crippen LogP contribution in [-0.4, -0.2) is 52.9 Å². The van der Waals surface area contributed by atoms with Gasteiger partial charge in [0, 0.05) is 23.8 Å². The van der Waals surface area contributed by atoms with Gasteiger partial charge in [-0.2, -0.15) is 0 Å². The second-order valence-electron chi connectivity index (χ2n) is 28.0. The van der Waals surface area contributed by atoms with Gasteiger partial charge < -0.3 is 19.7 Å². The van der Waals surface area contributed by atoms with E-state index in [2.05, 4.69) is 88.3 Å². The zero-order valence-electron chi connectivity index (χ0n) is 47.1. The molecule has 7 aliphatic carbocycles. The zero-order chi connectivity index (χ0) is 51.5. The van der Waals surface area contributed by atoms with Gasteiger partial charge in [-0.25, -0.2) is 4.79 Å². The van der Waals surface area contributed by atoms with Crippen LogP contribution in [0.3, 0.4) is 0 Å². The Hall–Kier alpha value is -2.25. The molecule has 0 radical (unpaired) electrons. The predicted molar refractivity (Wildman–Crippen MR) is 283 cm³/mol. The van der Waals surface area contributed by atoms with Crippen molar-refractivity contribution >= 4 is 17.7 Å². The number of allylic oxidation sites excluding steroid dienone is 5. The van der Waals surface area contributed by atoms with Crippen molar-refractivity contribution in [2.45, 2.75) is 243 Å². The number of esters is 2. The highest BCUT2D eigenvalue weighted by molar-refractivity contribution is 5.87. The number of carbonyl (C=O) groups excluding carboxylic acids is 3. The number of hydrogen-bond donors (Lipinski definition) is 2. The maximum absolute atomic E-state index is 14.3. The highest BCUT2D eigenvalue weighted by atomic mass is 16.5. The quantitative estimate of drug-likeness (QED) is 0.0728. The average Bonchev–Trinajstić information content (AvgIpc) is 3.29. The van der Waals surface area contributed by atoms with Crippen LogP contribution >= 0.6 is 0 Å². The van der Waals surface area contributed by atoms with Gasteiger partial charge in [0.2, 0.25) is 0 Å². The summed E-state index contributed by atoms with van der Waals surface area (Å²) >= 11 is 0. The fraction of sp³-hybridized carbons (Fsp3) is 0.857. The standard InChI is InChI=1S/C63H102O7/c1-41(19-15-20-42(2)22-17-24-49-58(9)33-30-51(64)56(6,7)47(58)29-36-62(49,13)68)21-16-23-44(4)54(66)69-39-18-40-70-55(67)63(14)50-28-35-61(12)48(59(50,10)34-31-52(63)65)26-25-46-53-45(5)43(3)27-32-57(53,8)37-38-60(46,61)11/h19,22-23,43,45-50,52-53,65,68H,15-18,20-21,24-40H2,1-14H3/b41-19+,42-22+,44-23+/t43-,45+,46?,47+,48-,49-,50-,52-,53+,57-,58+,59-,60-,61-,62-,63-/m1/s1. The third kappa shape index (κ3) is 9.68. The number of rotatable bonds is 15. The lowest BCUT2D eigenvalue weighted by Gasteiger charge is -2.73. The Balaban J connectivity index is 0.834. The Morgan fingerprint density at radius 3 is 2.00 bits per heavy atom. The fourth-order valence-corrected chi connectivity index (χ4v) is 19.1. The molecule has 7 fully saturated rings. The van der Waals surface area contributed by atoms with Crippen molar-refractivity contribution < 1.29 is 34.1 Å². The molecule has 16 atom stereocenters. The molecule has 7 heteroatoms. The molecular weight excluding hydrogens is 869 g/mol. The van der Waals surface area contributed by atoms with Crippen LogP contribution in [0.4, 0.5) is 0 Å². The Kier molecular flexibility index (Phi) is 16.2. The van der Waals surface area contributed by atoms with Crippen LogP contribution in [0.25, 0.3) is 0 Å². The van der Waals surface area contributed by atoms with Crippen LogP contribution in [0.1, 0.15) is 232 Å². The second kappa shape index (κ2) is 20.5. The summed E-state index contributed by atoms with van der Waals surface area (Å²) in [6.45, 7) is 32.7. The van der Waals surface area contributed by atoms with E-state index in [0.717, 1.165) is 101 Å². The first-order chi connectivity index (χ1) is 32.6. The number of aliphatic hydroxyl groups excluding tert-OH is 1. The monoisotopic (exact) mass is 971 g/mol. The summed E-state index contributed by atoms with van der Waals surface area (Å²) in [6, 6.07) is 0. The number of fused-ring (bicyclic) bond motifs is 8. The van der Waals surface area contributed by atoms with Crippen LogP contribution in [0, 0.1) is 85.2 Å². The van der Waals surface area contributed by atoms with Crippen LogP contribution in [0.5, 0.6) is 0 Å². The molecule has 0 amide bonds. The second-order valence-corrected chi connectivity index (χ2v) is 28.0. The molecule has 396 valence electrons. The molecule has 7 rings (SSSR count). The maximum Gasteiger partial charge on any atom is 0.333 e. The maximum atomic E-state index is 14.3. The number of ketones is 1. The van der Waals surface area contributed by atoms with Gasteiger partial charge in [0.15, 0.2) is 0 Å². The first kappa shape index (κ1) is 55.5. The average molecular weight is 972 g/mol. The molecule has 0 aromatic rings. The molecule has 0 aliphatic heterocycles. The molecule has 0 saturated heterocycles. The number of hydrogen-bond acceptors (Lipinski definition) is 7. The Morgan fingerprint density at radius 1 is 0.657 bits per heavy atom. The Labute approximate surface area is 427 Å². The molecule has 70 heavy (non-hydrogen) atoms. The molecule has 0 spiro atoms. The van der Waals surface area contributed by atoms with Crippen molar-refractivity contribution in [1.82, 2.24) is 0 Å². The van der Waals surface area contributed by atoms with Crippen LogP contribution in [0.15, 0.2) is 34.9 Å². The van der Waals surface area contributed by atoms with Gasteiger partial charge >= 0.3 is 11.9 Å². The van der Waals surface area contributed by atoms with Gasteiger partial charge in [-0.15, -0.1) is 0 Å². The van der Waals surface area contributed by atoms with E-state index in [4.69, 9.17) is 9.47 Å². The SMILES string of the molecule is C/C(=C\CC/C(C)=C/CC[C@@H]1[C@@]2(C)CCC(=O)C(C)(C)[C@@H]2CC[C@@]1(C)O)CC/C=C(\C)C(=O)OCCCOC(=O)[C@@]1(C)[C@H](O)CC[C@@]2(C)[C@H]1CC[C@]1(C)[C@@H]2CCC2[C@@H]3[C@@H](C)[C@H](C)CC[C@]3(C)CC[C@]21C. The summed E-state index contributed by atoms with van der Waals surface area (Å²) in [4.78, 5) is 40.1. The first-order valence-corrected chi connectivity index (χ1v) is 28.9. The minimum Gasteiger partial charge on any atom is -0.465 e. The molecule has 2 N–H and O–H groups in total. The molecule has 0 aromatic carbocycles. The third-order valence-corrected chi connectivity index (χ3v) is 23.9. The lowest BCUT2D eigenvalue weighted by Crippen LogP contribution is -2.68. The van der Waals surface area contributed by atoms with Crippen molar-refractivity contribution in [3.8, 4) is 0 Å². The topological polar surface area (TPSA) is 110 Å². The summed E-state index contributed by atoms with van der Waals surface area (Å²) < 4.78 is 11.7. The number of Topliss-reactive ketones (excluding diaryl/α,β-unsaturated/α-hetero) is 1. The van der Waals surface area contributed by atoms with Crippen LogP contribution in [-0.2, 0) is 23.9 Å². The van der Waals surface area contributed by atoms with Crippen molar-refractivity contribution in [1.29, 1.82) is 0 Å². The lowest BCUT2D eigenvalue weighted by atomic mass is 9.31. The van der Waals surface area contributed by atoms with E-state index >= 15 is 0 Å². The van der Waals surface area contributed by atoms with Gasteiger partial charge in [-0.05, 0) is 231 Å². The molecular formula is C63H102O7. The van der Waals surface area contributed by atoms with E-state index in [1.165, 1.54) is 49.7 Å². The summed E-state index contributed by atoms with van der Waals surface area (Å²) in [6.07, 6.45) is 26.6. The van der Waals surface area contributed by atoms with Gasteiger partial charge in [-0.1, -0.05) is 91.7 Å². The van der Waals surface area contributed by atoms with Gasteiger partial charge in [0.1, 0.15) is 5.78 Å². The summed E-state index contributed by atoms with van der Waals surface area (Å²) in [5.74, 6) is 3.98. The first-order valence-electron chi connectivity index (χ1n) is 28.9. The molecule has 7 saturated carbocycles. The molecule has 7 aliphatic rings. The van der Waals surface area contributed by atoms with E-state index in [1.807, 2.05) is 26.8 Å². The Morgan fingerprint density at radius 2 is 1.30 bits per heavy atom. The van der Waals surface area contributed by atoms with E-state index in [1.54, 1.807) is 0 Å². The highest BCUT2D eigenvalue weighted by Crippen LogP contribution is 2.77. The lowest BCUT2D eigenvalue weighted by molar-refractivity contribution is -0.259. The molecule has 7 nitrogen and oxygen atoms in total. The van der Waals surface area contributed by atoms with Gasteiger partial charge in [-0.3, -0.25) is 9.59 Å². The minimum atomic E-state index is -0.957. The molecule has 0 aromatic heterocycles. The fourth-order valence-electron chi connectivity index (χ4n) is 19.1. The molecule has 1 unspecified atom stereocenters. The summed E-state index contributed by atoms with van der Waals surface area (Å²) in [5.41, 5.74) is 2.20. The van der Waals surface area contributed by atoms with E-state index in [0.29, 0.717) is 47.9 Å².